The number of carbonyl (C=O) groups is 1. The van der Waals surface area contributed by atoms with Crippen molar-refractivity contribution in [3.63, 3.8) is 0 Å². The lowest BCUT2D eigenvalue weighted by Crippen LogP contribution is -2.52. The number of carboxylic acids is 1. The first-order valence-corrected chi connectivity index (χ1v) is 13.1. The number of rotatable bonds is 6. The van der Waals surface area contributed by atoms with Gasteiger partial charge in [-0.25, -0.2) is 13.2 Å². The van der Waals surface area contributed by atoms with Crippen molar-refractivity contribution in [2.45, 2.75) is 38.6 Å². The van der Waals surface area contributed by atoms with E-state index in [2.05, 4.69) is 46.6 Å². The summed E-state index contributed by atoms with van der Waals surface area (Å²) in [5.41, 5.74) is 4.91. The number of hydrogen-bond donors (Lipinski definition) is 2. The zero-order valence-corrected chi connectivity index (χ0v) is 21.3. The molecular weight excluding hydrogens is 462 g/mol. The van der Waals surface area contributed by atoms with Crippen molar-refractivity contribution >= 4 is 33.1 Å². The molecule has 1 aliphatic rings. The molecule has 8 heteroatoms. The molecule has 0 saturated carbocycles. The summed E-state index contributed by atoms with van der Waals surface area (Å²) in [7, 11) is -3.85. The van der Waals surface area contributed by atoms with Gasteiger partial charge in [-0.15, -0.1) is 0 Å². The molecule has 1 unspecified atom stereocenters. The molecule has 184 valence electrons. The number of nitrogens with one attached hydrogen (secondary N) is 1. The average molecular weight is 494 g/mol. The van der Waals surface area contributed by atoms with Crippen LogP contribution in [-0.4, -0.2) is 45.2 Å². The van der Waals surface area contributed by atoms with Gasteiger partial charge in [0.1, 0.15) is 0 Å². The molecule has 1 heterocycles. The van der Waals surface area contributed by atoms with Gasteiger partial charge in [-0.05, 0) is 86.8 Å². The van der Waals surface area contributed by atoms with Crippen LogP contribution in [0.4, 0.5) is 17.1 Å². The highest BCUT2D eigenvalue weighted by atomic mass is 32.2. The lowest BCUT2D eigenvalue weighted by Gasteiger charge is -2.42. The Labute approximate surface area is 207 Å². The Hall–Kier alpha value is -3.52. The predicted octanol–water partition coefficient (Wildman–Crippen LogP) is 4.83. The van der Waals surface area contributed by atoms with Crippen molar-refractivity contribution in [1.29, 1.82) is 0 Å². The van der Waals surface area contributed by atoms with E-state index in [1.165, 1.54) is 11.6 Å². The van der Waals surface area contributed by atoms with Crippen molar-refractivity contribution < 1.29 is 18.3 Å². The second kappa shape index (κ2) is 9.62. The molecule has 0 bridgehead atoms. The Kier molecular flexibility index (Phi) is 6.76. The van der Waals surface area contributed by atoms with E-state index in [-0.39, 0.29) is 22.2 Å². The van der Waals surface area contributed by atoms with Crippen LogP contribution in [0.25, 0.3) is 0 Å². The van der Waals surface area contributed by atoms with Crippen LogP contribution in [-0.2, 0) is 10.0 Å². The van der Waals surface area contributed by atoms with Crippen molar-refractivity contribution in [3.8, 4) is 0 Å². The Bertz CT molecular complexity index is 1350. The van der Waals surface area contributed by atoms with E-state index in [1.807, 2.05) is 26.0 Å². The zero-order chi connectivity index (χ0) is 25.3. The van der Waals surface area contributed by atoms with Gasteiger partial charge in [-0.3, -0.25) is 4.72 Å². The van der Waals surface area contributed by atoms with E-state index in [1.54, 1.807) is 24.3 Å². The van der Waals surface area contributed by atoms with E-state index in [0.717, 1.165) is 23.4 Å². The first-order chi connectivity index (χ1) is 16.5. The zero-order valence-electron chi connectivity index (χ0n) is 20.4. The van der Waals surface area contributed by atoms with Gasteiger partial charge in [0.05, 0.1) is 16.1 Å². The molecule has 3 aromatic rings. The Morgan fingerprint density at radius 2 is 1.66 bits per heavy atom. The van der Waals surface area contributed by atoms with E-state index < -0.39 is 16.0 Å². The molecule has 1 aliphatic heterocycles. The summed E-state index contributed by atoms with van der Waals surface area (Å²) in [6.07, 6.45) is 0. The largest absolute Gasteiger partial charge is 0.478 e. The fourth-order valence-electron chi connectivity index (χ4n) is 4.72. The van der Waals surface area contributed by atoms with Gasteiger partial charge in [0.25, 0.3) is 10.0 Å². The third-order valence-corrected chi connectivity index (χ3v) is 7.65. The second-order valence-electron chi connectivity index (χ2n) is 9.29. The third kappa shape index (κ3) is 5.43. The van der Waals surface area contributed by atoms with Crippen LogP contribution in [0.2, 0.25) is 0 Å². The maximum absolute atomic E-state index is 12.9. The summed E-state index contributed by atoms with van der Waals surface area (Å²) in [6, 6.07) is 18.3. The topological polar surface area (TPSA) is 90.0 Å². The summed E-state index contributed by atoms with van der Waals surface area (Å²) in [5, 5.41) is 9.92. The molecular formula is C27H31N3O4S. The molecule has 35 heavy (non-hydrogen) atoms. The SMILES string of the molecule is Cc1cccc(N2CCN(c3ccc(NS(=O)(=O)c4cc(C)cc(C)c4)cc3C(=O)O)CC2C)c1. The Morgan fingerprint density at radius 1 is 0.943 bits per heavy atom. The number of carboxylic acid groups (broad SMARTS) is 1. The fourth-order valence-corrected chi connectivity index (χ4v) is 5.95. The number of anilines is 3. The van der Waals surface area contributed by atoms with E-state index in [9.17, 15) is 18.3 Å². The predicted molar refractivity (Wildman–Crippen MR) is 140 cm³/mol. The molecule has 4 rings (SSSR count). The molecule has 0 amide bonds. The second-order valence-corrected chi connectivity index (χ2v) is 11.0. The van der Waals surface area contributed by atoms with Crippen molar-refractivity contribution in [2.24, 2.45) is 0 Å². The van der Waals surface area contributed by atoms with Gasteiger partial charge in [0.2, 0.25) is 0 Å². The molecule has 1 fully saturated rings. The number of sulfonamides is 1. The minimum absolute atomic E-state index is 0.0711. The molecule has 1 saturated heterocycles. The standard InChI is InChI=1S/C27H31N3O4S/c1-18-6-5-7-23(13-18)30-11-10-29(17-21(30)4)26-9-8-22(16-25(26)27(31)32)28-35(33,34)24-14-19(2)12-20(3)15-24/h5-9,12-16,21,28H,10-11,17H2,1-4H3,(H,31,32). The first-order valence-electron chi connectivity index (χ1n) is 11.6. The van der Waals surface area contributed by atoms with E-state index in [4.69, 9.17) is 0 Å². The fraction of sp³-hybridized carbons (Fsp3) is 0.296. The summed E-state index contributed by atoms with van der Waals surface area (Å²) in [6.45, 7) is 9.94. The first kappa shape index (κ1) is 24.6. The molecule has 0 aliphatic carbocycles. The van der Waals surface area contributed by atoms with Crippen LogP contribution in [0.15, 0.2) is 65.6 Å². The number of aryl methyl sites for hydroxylation is 3. The molecule has 2 N–H and O–H groups in total. The lowest BCUT2D eigenvalue weighted by atomic mass is 10.1. The van der Waals surface area contributed by atoms with E-state index in [0.29, 0.717) is 18.8 Å². The normalized spacial score (nSPS) is 16.3. The van der Waals surface area contributed by atoms with Crippen LogP contribution in [0.5, 0.6) is 0 Å². The quantitative estimate of drug-likeness (QED) is 0.511. The van der Waals surface area contributed by atoms with Crippen molar-refractivity contribution in [1.82, 2.24) is 0 Å². The molecule has 0 spiro atoms. The molecule has 0 radical (unpaired) electrons. The third-order valence-electron chi connectivity index (χ3n) is 6.29. The number of aromatic carboxylic acids is 1. The van der Waals surface area contributed by atoms with Gasteiger partial charge in [-0.2, -0.15) is 0 Å². The Balaban J connectivity index is 1.57. The molecule has 3 aromatic carbocycles. The summed E-state index contributed by atoms with van der Waals surface area (Å²) >= 11 is 0. The monoisotopic (exact) mass is 493 g/mol. The minimum atomic E-state index is -3.85. The highest BCUT2D eigenvalue weighted by Crippen LogP contribution is 2.30. The Morgan fingerprint density at radius 3 is 2.29 bits per heavy atom. The average Bonchev–Trinajstić information content (AvgIpc) is 2.78. The van der Waals surface area contributed by atoms with Crippen LogP contribution in [0.1, 0.15) is 34.0 Å². The van der Waals surface area contributed by atoms with Gasteiger partial charge in [-0.1, -0.05) is 18.2 Å². The van der Waals surface area contributed by atoms with Gasteiger partial charge in [0.15, 0.2) is 0 Å². The lowest BCUT2D eigenvalue weighted by molar-refractivity contribution is 0.0697. The maximum Gasteiger partial charge on any atom is 0.337 e. The van der Waals surface area contributed by atoms with Gasteiger partial charge < -0.3 is 14.9 Å². The summed E-state index contributed by atoms with van der Waals surface area (Å²) in [5.74, 6) is -1.10. The van der Waals surface area contributed by atoms with Crippen LogP contribution in [0.3, 0.4) is 0 Å². The van der Waals surface area contributed by atoms with Crippen LogP contribution < -0.4 is 14.5 Å². The smallest absolute Gasteiger partial charge is 0.337 e. The summed E-state index contributed by atoms with van der Waals surface area (Å²) in [4.78, 5) is 16.7. The van der Waals surface area contributed by atoms with Crippen LogP contribution in [0, 0.1) is 20.8 Å². The maximum atomic E-state index is 12.9. The highest BCUT2D eigenvalue weighted by Gasteiger charge is 2.27. The van der Waals surface area contributed by atoms with E-state index >= 15 is 0 Å². The minimum Gasteiger partial charge on any atom is -0.478 e. The number of piperazine rings is 1. The number of benzene rings is 3. The highest BCUT2D eigenvalue weighted by molar-refractivity contribution is 7.92. The molecule has 0 aromatic heterocycles. The van der Waals surface area contributed by atoms with Crippen molar-refractivity contribution in [3.05, 3.63) is 82.9 Å². The molecule has 7 nitrogen and oxygen atoms in total. The number of nitrogens with zero attached hydrogens (tertiary/aromatic N) is 2. The van der Waals surface area contributed by atoms with Crippen molar-refractivity contribution in [2.75, 3.05) is 34.2 Å². The molecule has 1 atom stereocenters. The summed E-state index contributed by atoms with van der Waals surface area (Å²) < 4.78 is 28.4. The van der Waals surface area contributed by atoms with Crippen LogP contribution >= 0.6 is 0 Å². The van der Waals surface area contributed by atoms with Gasteiger partial charge in [0, 0.05) is 37.1 Å². The number of hydrogen-bond acceptors (Lipinski definition) is 5. The van der Waals surface area contributed by atoms with Gasteiger partial charge >= 0.3 is 5.97 Å².